The van der Waals surface area contributed by atoms with Gasteiger partial charge in [0.2, 0.25) is 5.91 Å². The van der Waals surface area contributed by atoms with Crippen molar-refractivity contribution in [2.45, 2.75) is 52.4 Å². The van der Waals surface area contributed by atoms with E-state index < -0.39 is 0 Å². The summed E-state index contributed by atoms with van der Waals surface area (Å²) in [6.45, 7) is 5.76. The third kappa shape index (κ3) is 5.53. The van der Waals surface area contributed by atoms with E-state index in [9.17, 15) is 4.79 Å². The number of nitrogens with one attached hydrogen (secondary N) is 1. The lowest BCUT2D eigenvalue weighted by molar-refractivity contribution is -0.122. The Morgan fingerprint density at radius 1 is 1.29 bits per heavy atom. The molecule has 1 atom stereocenters. The molecule has 0 bridgehead atoms. The van der Waals surface area contributed by atoms with Gasteiger partial charge in [-0.05, 0) is 37.1 Å². The summed E-state index contributed by atoms with van der Waals surface area (Å²) in [5.41, 5.74) is 5.51. The minimum atomic E-state index is 0.167. The van der Waals surface area contributed by atoms with Crippen LogP contribution in [0.5, 0.6) is 0 Å². The van der Waals surface area contributed by atoms with Gasteiger partial charge in [-0.25, -0.2) is 0 Å². The first-order valence-corrected chi connectivity index (χ1v) is 7.12. The number of rotatable bonds is 6. The summed E-state index contributed by atoms with van der Waals surface area (Å²) < 4.78 is 0. The molecule has 3 N–H and O–H groups in total. The van der Waals surface area contributed by atoms with Crippen LogP contribution in [-0.2, 0) is 4.79 Å². The summed E-state index contributed by atoms with van der Waals surface area (Å²) in [7, 11) is 0. The Kier molecular flexibility index (Phi) is 6.56. The zero-order valence-electron chi connectivity index (χ0n) is 11.4. The van der Waals surface area contributed by atoms with Crippen molar-refractivity contribution in [3.05, 3.63) is 0 Å². The van der Waals surface area contributed by atoms with Gasteiger partial charge >= 0.3 is 0 Å². The maximum Gasteiger partial charge on any atom is 0.220 e. The second-order valence-corrected chi connectivity index (χ2v) is 5.64. The number of carbonyl (C=O) groups is 1. The van der Waals surface area contributed by atoms with Crippen molar-refractivity contribution in [1.82, 2.24) is 5.32 Å². The fraction of sp³-hybridized carbons (Fsp3) is 0.929. The largest absolute Gasteiger partial charge is 0.356 e. The summed E-state index contributed by atoms with van der Waals surface area (Å²) in [4.78, 5) is 11.6. The molecule has 0 spiro atoms. The summed E-state index contributed by atoms with van der Waals surface area (Å²) in [6, 6.07) is 0. The molecule has 1 rings (SSSR count). The lowest BCUT2D eigenvalue weighted by atomic mass is 9.81. The molecule has 3 heteroatoms. The number of carbonyl (C=O) groups excluding carboxylic acids is 1. The van der Waals surface area contributed by atoms with Crippen LogP contribution < -0.4 is 11.1 Å². The second-order valence-electron chi connectivity index (χ2n) is 5.64. The Hall–Kier alpha value is -0.570. The van der Waals surface area contributed by atoms with Crippen molar-refractivity contribution in [1.29, 1.82) is 0 Å². The first-order chi connectivity index (χ1) is 8.15. The van der Waals surface area contributed by atoms with E-state index in [0.717, 1.165) is 12.5 Å². The van der Waals surface area contributed by atoms with Crippen molar-refractivity contribution < 1.29 is 4.79 Å². The molecule has 100 valence electrons. The summed E-state index contributed by atoms with van der Waals surface area (Å²) in [5.74, 6) is 2.10. The Labute approximate surface area is 106 Å². The van der Waals surface area contributed by atoms with Crippen LogP contribution in [-0.4, -0.2) is 19.0 Å². The average molecular weight is 240 g/mol. The molecule has 0 aliphatic heterocycles. The molecule has 1 saturated carbocycles. The van der Waals surface area contributed by atoms with E-state index in [1.165, 1.54) is 32.1 Å². The van der Waals surface area contributed by atoms with Crippen LogP contribution in [0.3, 0.4) is 0 Å². The van der Waals surface area contributed by atoms with Gasteiger partial charge in [-0.1, -0.05) is 33.1 Å². The quantitative estimate of drug-likeness (QED) is 0.748. The normalized spacial score (nSPS) is 26.5. The summed E-state index contributed by atoms with van der Waals surface area (Å²) in [6.07, 6.45) is 7.14. The SMILES string of the molecule is CCC1CCC(CNC(=O)CC(C)CN)CC1. The number of amides is 1. The van der Waals surface area contributed by atoms with Gasteiger partial charge in [0.25, 0.3) is 0 Å². The van der Waals surface area contributed by atoms with Gasteiger partial charge in [0.15, 0.2) is 0 Å². The Balaban J connectivity index is 2.12. The second kappa shape index (κ2) is 7.70. The fourth-order valence-electron chi connectivity index (χ4n) is 2.57. The minimum absolute atomic E-state index is 0.167. The molecule has 1 fully saturated rings. The molecule has 0 saturated heterocycles. The first kappa shape index (κ1) is 14.5. The highest BCUT2D eigenvalue weighted by Gasteiger charge is 2.20. The van der Waals surface area contributed by atoms with Crippen molar-refractivity contribution >= 4 is 5.91 Å². The fourth-order valence-corrected chi connectivity index (χ4v) is 2.57. The molecule has 0 heterocycles. The molecule has 3 nitrogen and oxygen atoms in total. The molecular formula is C14H28N2O. The first-order valence-electron chi connectivity index (χ1n) is 7.12. The molecule has 1 aliphatic carbocycles. The molecule has 0 aromatic heterocycles. The van der Waals surface area contributed by atoms with Crippen LogP contribution in [0, 0.1) is 17.8 Å². The highest BCUT2D eigenvalue weighted by Crippen LogP contribution is 2.30. The van der Waals surface area contributed by atoms with Crippen LogP contribution in [0.2, 0.25) is 0 Å². The number of nitrogens with two attached hydrogens (primary N) is 1. The molecule has 0 aromatic rings. The van der Waals surface area contributed by atoms with Crippen LogP contribution in [0.4, 0.5) is 0 Å². The molecule has 0 radical (unpaired) electrons. The smallest absolute Gasteiger partial charge is 0.220 e. The predicted molar refractivity (Wildman–Crippen MR) is 71.6 cm³/mol. The lowest BCUT2D eigenvalue weighted by Gasteiger charge is -2.27. The van der Waals surface area contributed by atoms with E-state index in [1.807, 2.05) is 6.92 Å². The number of hydrogen-bond acceptors (Lipinski definition) is 2. The maximum atomic E-state index is 11.6. The third-order valence-electron chi connectivity index (χ3n) is 4.07. The van der Waals surface area contributed by atoms with Crippen molar-refractivity contribution in [3.8, 4) is 0 Å². The topological polar surface area (TPSA) is 55.1 Å². The standard InChI is InChI=1S/C14H28N2O/c1-3-12-4-6-13(7-5-12)10-16-14(17)8-11(2)9-15/h11-13H,3-10,15H2,1-2H3,(H,16,17). The van der Waals surface area contributed by atoms with Crippen LogP contribution in [0.1, 0.15) is 52.4 Å². The summed E-state index contributed by atoms with van der Waals surface area (Å²) in [5, 5.41) is 3.06. The van der Waals surface area contributed by atoms with E-state index in [2.05, 4.69) is 12.2 Å². The van der Waals surface area contributed by atoms with Gasteiger partial charge in [-0.3, -0.25) is 4.79 Å². The summed E-state index contributed by atoms with van der Waals surface area (Å²) >= 11 is 0. The maximum absolute atomic E-state index is 11.6. The van der Waals surface area contributed by atoms with Gasteiger partial charge in [-0.2, -0.15) is 0 Å². The zero-order chi connectivity index (χ0) is 12.7. The predicted octanol–water partition coefficient (Wildman–Crippen LogP) is 2.30. The van der Waals surface area contributed by atoms with E-state index in [0.29, 0.717) is 24.8 Å². The van der Waals surface area contributed by atoms with Gasteiger partial charge in [0.05, 0.1) is 0 Å². The Morgan fingerprint density at radius 2 is 1.88 bits per heavy atom. The highest BCUT2D eigenvalue weighted by atomic mass is 16.1. The van der Waals surface area contributed by atoms with Crippen molar-refractivity contribution in [3.63, 3.8) is 0 Å². The minimum Gasteiger partial charge on any atom is -0.356 e. The Bertz CT molecular complexity index is 222. The van der Waals surface area contributed by atoms with Crippen molar-refractivity contribution in [2.24, 2.45) is 23.5 Å². The van der Waals surface area contributed by atoms with Crippen LogP contribution in [0.25, 0.3) is 0 Å². The van der Waals surface area contributed by atoms with Gasteiger partial charge in [0, 0.05) is 13.0 Å². The molecule has 1 aliphatic rings. The van der Waals surface area contributed by atoms with E-state index in [1.54, 1.807) is 0 Å². The molecular weight excluding hydrogens is 212 g/mol. The van der Waals surface area contributed by atoms with Gasteiger partial charge in [-0.15, -0.1) is 0 Å². The molecule has 1 amide bonds. The Morgan fingerprint density at radius 3 is 2.41 bits per heavy atom. The van der Waals surface area contributed by atoms with Crippen LogP contribution >= 0.6 is 0 Å². The third-order valence-corrected chi connectivity index (χ3v) is 4.07. The molecule has 1 unspecified atom stereocenters. The molecule has 17 heavy (non-hydrogen) atoms. The highest BCUT2D eigenvalue weighted by molar-refractivity contribution is 5.76. The monoisotopic (exact) mass is 240 g/mol. The van der Waals surface area contributed by atoms with Crippen molar-refractivity contribution in [2.75, 3.05) is 13.1 Å². The van der Waals surface area contributed by atoms with Gasteiger partial charge in [0.1, 0.15) is 0 Å². The number of hydrogen-bond donors (Lipinski definition) is 2. The molecule has 0 aromatic carbocycles. The van der Waals surface area contributed by atoms with E-state index in [-0.39, 0.29) is 5.91 Å². The van der Waals surface area contributed by atoms with E-state index >= 15 is 0 Å². The van der Waals surface area contributed by atoms with E-state index in [4.69, 9.17) is 5.73 Å². The zero-order valence-corrected chi connectivity index (χ0v) is 11.4. The lowest BCUT2D eigenvalue weighted by Crippen LogP contribution is -2.32. The average Bonchev–Trinajstić information content (AvgIpc) is 2.36. The van der Waals surface area contributed by atoms with Crippen LogP contribution in [0.15, 0.2) is 0 Å². The van der Waals surface area contributed by atoms with Gasteiger partial charge < -0.3 is 11.1 Å².